The maximum atomic E-state index is 7.41. The van der Waals surface area contributed by atoms with Gasteiger partial charge in [-0.3, -0.25) is 0 Å². The molecule has 1 nitrogen and oxygen atoms in total. The van der Waals surface area contributed by atoms with Crippen LogP contribution in [-0.4, -0.2) is 14.9 Å². The molecule has 47 heavy (non-hydrogen) atoms. The molecule has 0 saturated heterocycles. The highest BCUT2D eigenvalue weighted by Crippen LogP contribution is 2.41. The van der Waals surface area contributed by atoms with E-state index in [0.29, 0.717) is 6.61 Å². The lowest BCUT2D eigenvalue weighted by atomic mass is 10.2. The zero-order chi connectivity index (χ0) is 31.6. The molecule has 6 aromatic carbocycles. The molecule has 9 rings (SSSR count). The van der Waals surface area contributed by atoms with Gasteiger partial charge in [-0.15, -0.1) is 35.3 Å². The van der Waals surface area contributed by atoms with E-state index in [2.05, 4.69) is 153 Å². The van der Waals surface area contributed by atoms with E-state index >= 15 is 0 Å². The topological polar surface area (TPSA) is 9.23 Å². The van der Waals surface area contributed by atoms with Crippen LogP contribution in [0.25, 0.3) is 0 Å². The maximum Gasteiger partial charge on any atom is 0.291 e. The summed E-state index contributed by atoms with van der Waals surface area (Å²) in [6.07, 6.45) is 0. The first-order chi connectivity index (χ1) is 23.3. The lowest BCUT2D eigenvalue weighted by Gasteiger charge is -2.37. The normalized spacial score (nSPS) is 18.7. The highest BCUT2D eigenvalue weighted by Gasteiger charge is 2.46. The van der Waals surface area contributed by atoms with Crippen LogP contribution in [0.15, 0.2) is 160 Å². The molecule has 0 aliphatic carbocycles. The zero-order valence-electron chi connectivity index (χ0n) is 26.3. The van der Waals surface area contributed by atoms with Crippen molar-refractivity contribution in [3.8, 4) is 0 Å². The van der Waals surface area contributed by atoms with Gasteiger partial charge in [-0.05, 0) is 81.2 Å². The quantitative estimate of drug-likeness (QED) is 0.134. The zero-order valence-corrected chi connectivity index (χ0v) is 30.6. The SMILES string of the molecule is CCO[Si]12c3ccccc3SCc3ccccc3P(c3ccccc3CSc3ccccc31)c1ccccc1CSc1ccccc12. The van der Waals surface area contributed by atoms with Crippen LogP contribution in [0.1, 0.15) is 23.6 Å². The average Bonchev–Trinajstić information content (AvgIpc) is 3.13. The molecular formula is C41H35OPS3Si. The molecule has 0 fully saturated rings. The first-order valence-corrected chi connectivity index (χ1v) is 22.3. The standard InChI is InChI=1S/C41H35OPS3Si/c1-2-42-47-39-24-12-9-21-36(39)44-27-30-15-3-6-18-33(30)43(34-19-7-4-16-31(34)28-45-37-22-10-13-25-40(37)47)35-20-8-5-17-32(35)29-46-38-23-11-14-26-41(38)47/h3-26H,2,27-29H2,1H3. The largest absolute Gasteiger partial charge is 0.405 e. The smallest absolute Gasteiger partial charge is 0.291 e. The van der Waals surface area contributed by atoms with E-state index in [9.17, 15) is 0 Å². The number of hydrogen-bond donors (Lipinski definition) is 0. The summed E-state index contributed by atoms with van der Waals surface area (Å²) in [6.45, 7) is 2.81. The van der Waals surface area contributed by atoms with Crippen LogP contribution in [0.2, 0.25) is 0 Å². The summed E-state index contributed by atoms with van der Waals surface area (Å²) < 4.78 is 7.41. The van der Waals surface area contributed by atoms with Crippen molar-refractivity contribution in [1.29, 1.82) is 0 Å². The predicted molar refractivity (Wildman–Crippen MR) is 209 cm³/mol. The predicted octanol–water partition coefficient (Wildman–Crippen LogP) is 7.95. The molecule has 6 aromatic rings. The Morgan fingerprint density at radius 2 is 0.787 bits per heavy atom. The van der Waals surface area contributed by atoms with E-state index in [0.717, 1.165) is 17.3 Å². The molecule has 0 atom stereocenters. The Hall–Kier alpha value is -3.02. The molecule has 3 heterocycles. The molecule has 6 heteroatoms. The van der Waals surface area contributed by atoms with Gasteiger partial charge in [0, 0.05) is 38.6 Å². The van der Waals surface area contributed by atoms with Crippen molar-refractivity contribution in [1.82, 2.24) is 0 Å². The molecule has 0 saturated carbocycles. The first kappa shape index (κ1) is 31.3. The molecule has 232 valence electrons. The van der Waals surface area contributed by atoms with Gasteiger partial charge in [0.05, 0.1) is 0 Å². The summed E-state index contributed by atoms with van der Waals surface area (Å²) in [7, 11) is -3.83. The molecule has 0 aromatic heterocycles. The van der Waals surface area contributed by atoms with Gasteiger partial charge in [-0.1, -0.05) is 127 Å². The molecule has 0 amide bonds. The second-order valence-electron chi connectivity index (χ2n) is 11.7. The molecule has 0 spiro atoms. The summed E-state index contributed by atoms with van der Waals surface area (Å²) in [6, 6.07) is 55.1. The summed E-state index contributed by atoms with van der Waals surface area (Å²) in [4.78, 5) is 3.96. The van der Waals surface area contributed by atoms with E-state index in [4.69, 9.17) is 4.43 Å². The summed E-state index contributed by atoms with van der Waals surface area (Å²) in [5, 5.41) is 8.44. The molecule has 0 radical (unpaired) electrons. The molecule has 2 bridgehead atoms. The maximum absolute atomic E-state index is 7.41. The van der Waals surface area contributed by atoms with E-state index in [1.807, 2.05) is 35.3 Å². The summed E-state index contributed by atoms with van der Waals surface area (Å²) in [5.41, 5.74) is 4.26. The third kappa shape index (κ3) is 5.76. The minimum absolute atomic E-state index is 0.641. The Morgan fingerprint density at radius 3 is 1.15 bits per heavy atom. The van der Waals surface area contributed by atoms with Gasteiger partial charge >= 0.3 is 0 Å². The first-order valence-electron chi connectivity index (χ1n) is 16.1. The lowest BCUT2D eigenvalue weighted by Crippen LogP contribution is -2.70. The van der Waals surface area contributed by atoms with E-state index in [-0.39, 0.29) is 0 Å². The fourth-order valence-corrected chi connectivity index (χ4v) is 19.0. The number of thioether (sulfide) groups is 3. The highest BCUT2D eigenvalue weighted by atomic mass is 32.2. The monoisotopic (exact) mass is 698 g/mol. The van der Waals surface area contributed by atoms with Gasteiger partial charge in [0.15, 0.2) is 0 Å². The Morgan fingerprint density at radius 1 is 0.468 bits per heavy atom. The van der Waals surface area contributed by atoms with Crippen molar-refractivity contribution >= 4 is 83.0 Å². The second kappa shape index (κ2) is 13.8. The Labute approximate surface area is 293 Å². The Bertz CT molecular complexity index is 1830. The fraction of sp³-hybridized carbons (Fsp3) is 0.122. The van der Waals surface area contributed by atoms with Gasteiger partial charge in [0.25, 0.3) is 8.32 Å². The third-order valence-electron chi connectivity index (χ3n) is 9.01. The lowest BCUT2D eigenvalue weighted by molar-refractivity contribution is 0.346. The van der Waals surface area contributed by atoms with Crippen molar-refractivity contribution in [3.63, 3.8) is 0 Å². The Balaban J connectivity index is 1.52. The average molecular weight is 699 g/mol. The van der Waals surface area contributed by atoms with Crippen molar-refractivity contribution < 1.29 is 4.43 Å². The van der Waals surface area contributed by atoms with Crippen molar-refractivity contribution in [2.75, 3.05) is 6.61 Å². The van der Waals surface area contributed by atoms with Crippen LogP contribution >= 0.6 is 43.2 Å². The number of fused-ring (bicyclic) bond motifs is 3. The molecule has 0 N–H and O–H groups in total. The second-order valence-corrected chi connectivity index (χ2v) is 20.1. The van der Waals surface area contributed by atoms with Gasteiger partial charge in [0.2, 0.25) is 0 Å². The minimum atomic E-state index is -3.02. The third-order valence-corrected chi connectivity index (χ3v) is 20.0. The van der Waals surface area contributed by atoms with Crippen molar-refractivity contribution in [2.24, 2.45) is 0 Å². The van der Waals surface area contributed by atoms with Crippen LogP contribution < -0.4 is 31.5 Å². The summed E-state index contributed by atoms with van der Waals surface area (Å²) >= 11 is 5.92. The number of benzene rings is 6. The molecule has 3 aliphatic heterocycles. The van der Waals surface area contributed by atoms with Crippen LogP contribution in [-0.2, 0) is 21.7 Å². The van der Waals surface area contributed by atoms with Crippen LogP contribution in [0, 0.1) is 0 Å². The molecular weight excluding hydrogens is 664 g/mol. The van der Waals surface area contributed by atoms with Crippen LogP contribution in [0.4, 0.5) is 0 Å². The van der Waals surface area contributed by atoms with Gasteiger partial charge < -0.3 is 4.43 Å². The van der Waals surface area contributed by atoms with Gasteiger partial charge in [-0.25, -0.2) is 0 Å². The fourth-order valence-electron chi connectivity index (χ4n) is 6.94. The summed E-state index contributed by atoms with van der Waals surface area (Å²) in [5.74, 6) is 2.71. The van der Waals surface area contributed by atoms with E-state index < -0.39 is 16.2 Å². The van der Waals surface area contributed by atoms with Crippen molar-refractivity contribution in [2.45, 2.75) is 38.9 Å². The minimum Gasteiger partial charge on any atom is -0.405 e. The van der Waals surface area contributed by atoms with Gasteiger partial charge in [0.1, 0.15) is 0 Å². The molecule has 0 unspecified atom stereocenters. The molecule has 3 aliphatic rings. The van der Waals surface area contributed by atoms with Crippen LogP contribution in [0.5, 0.6) is 0 Å². The van der Waals surface area contributed by atoms with Crippen LogP contribution in [0.3, 0.4) is 0 Å². The highest BCUT2D eigenvalue weighted by molar-refractivity contribution is 7.99. The van der Waals surface area contributed by atoms with Crippen molar-refractivity contribution in [3.05, 3.63) is 162 Å². The van der Waals surface area contributed by atoms with E-state index in [1.165, 1.54) is 62.9 Å². The Kier molecular flexibility index (Phi) is 9.20. The van der Waals surface area contributed by atoms with E-state index in [1.54, 1.807) is 0 Å². The number of rotatable bonds is 2. The number of hydrogen-bond acceptors (Lipinski definition) is 4. The van der Waals surface area contributed by atoms with Gasteiger partial charge in [-0.2, -0.15) is 0 Å².